The molecule has 0 saturated carbocycles. The number of ether oxygens (including phenoxy) is 1. The molecule has 108 valence electrons. The van der Waals surface area contributed by atoms with Crippen molar-refractivity contribution in [2.45, 2.75) is 20.3 Å². The van der Waals surface area contributed by atoms with E-state index in [-0.39, 0.29) is 5.97 Å². The van der Waals surface area contributed by atoms with E-state index in [4.69, 9.17) is 4.74 Å². The molecule has 2 aromatic heterocycles. The average Bonchev–Trinajstić information content (AvgIpc) is 3.09. The standard InChI is InChI=1S/C16H16N2O2S/c1-3-20-16(19)11-4-5-13-12(8-11)10(2)14(21-13)9-15-17-6-7-18-15/h4-8H,3,9H2,1-2H3,(H,17,18). The number of nitrogens with zero attached hydrogens (tertiary/aromatic N) is 1. The number of carbonyl (C=O) groups excluding carboxylic acids is 1. The van der Waals surface area contributed by atoms with Crippen molar-refractivity contribution in [3.8, 4) is 0 Å². The number of esters is 1. The molecule has 0 spiro atoms. The van der Waals surface area contributed by atoms with E-state index < -0.39 is 0 Å². The van der Waals surface area contributed by atoms with Crippen LogP contribution >= 0.6 is 11.3 Å². The van der Waals surface area contributed by atoms with Gasteiger partial charge in [0.25, 0.3) is 0 Å². The van der Waals surface area contributed by atoms with Gasteiger partial charge in [0, 0.05) is 28.4 Å². The number of hydrogen-bond donors (Lipinski definition) is 1. The van der Waals surface area contributed by atoms with E-state index in [0.717, 1.165) is 17.6 Å². The van der Waals surface area contributed by atoms with Gasteiger partial charge in [-0.1, -0.05) is 0 Å². The van der Waals surface area contributed by atoms with E-state index in [1.54, 1.807) is 17.5 Å². The lowest BCUT2D eigenvalue weighted by Crippen LogP contribution is -2.03. The molecule has 0 radical (unpaired) electrons. The van der Waals surface area contributed by atoms with Crippen LogP contribution in [0.2, 0.25) is 0 Å². The molecule has 0 unspecified atom stereocenters. The largest absolute Gasteiger partial charge is 0.462 e. The SMILES string of the molecule is CCOC(=O)c1ccc2sc(Cc3ncc[nH]3)c(C)c2c1. The van der Waals surface area contributed by atoms with Crippen LogP contribution in [0.5, 0.6) is 0 Å². The van der Waals surface area contributed by atoms with Crippen molar-refractivity contribution in [1.29, 1.82) is 0 Å². The first-order chi connectivity index (χ1) is 10.2. The van der Waals surface area contributed by atoms with Crippen LogP contribution < -0.4 is 0 Å². The molecule has 0 aliphatic carbocycles. The fourth-order valence-corrected chi connectivity index (χ4v) is 3.52. The summed E-state index contributed by atoms with van der Waals surface area (Å²) >= 11 is 1.74. The van der Waals surface area contributed by atoms with Crippen molar-refractivity contribution in [1.82, 2.24) is 9.97 Å². The molecular formula is C16H16N2O2S. The molecule has 3 rings (SSSR count). The van der Waals surface area contributed by atoms with E-state index >= 15 is 0 Å². The van der Waals surface area contributed by atoms with E-state index in [1.165, 1.54) is 15.1 Å². The first-order valence-electron chi connectivity index (χ1n) is 6.86. The van der Waals surface area contributed by atoms with Crippen molar-refractivity contribution < 1.29 is 9.53 Å². The predicted octanol–water partition coefficient (Wildman–Crippen LogP) is 3.70. The molecule has 4 nitrogen and oxygen atoms in total. The van der Waals surface area contributed by atoms with Gasteiger partial charge >= 0.3 is 5.97 Å². The van der Waals surface area contributed by atoms with Gasteiger partial charge in [-0.05, 0) is 43.0 Å². The number of imidazole rings is 1. The maximum Gasteiger partial charge on any atom is 0.338 e. The molecule has 3 aromatic rings. The zero-order valence-electron chi connectivity index (χ0n) is 12.0. The Morgan fingerprint density at radius 1 is 1.43 bits per heavy atom. The van der Waals surface area contributed by atoms with Crippen LogP contribution in [0.4, 0.5) is 0 Å². The van der Waals surface area contributed by atoms with Crippen LogP contribution in [0.3, 0.4) is 0 Å². The predicted molar refractivity (Wildman–Crippen MR) is 83.9 cm³/mol. The van der Waals surface area contributed by atoms with Crippen molar-refractivity contribution in [3.63, 3.8) is 0 Å². The summed E-state index contributed by atoms with van der Waals surface area (Å²) in [5.41, 5.74) is 1.81. The molecule has 21 heavy (non-hydrogen) atoms. The molecule has 1 aromatic carbocycles. The summed E-state index contributed by atoms with van der Waals surface area (Å²) in [5, 5.41) is 1.12. The monoisotopic (exact) mass is 300 g/mol. The summed E-state index contributed by atoms with van der Waals surface area (Å²) in [5.74, 6) is 0.688. The first-order valence-corrected chi connectivity index (χ1v) is 7.68. The Kier molecular flexibility index (Phi) is 3.75. The number of carbonyl (C=O) groups is 1. The fourth-order valence-electron chi connectivity index (χ4n) is 2.33. The minimum absolute atomic E-state index is 0.266. The second-order valence-electron chi connectivity index (χ2n) is 4.79. The van der Waals surface area contributed by atoms with Crippen molar-refractivity contribution in [3.05, 3.63) is 52.4 Å². The zero-order chi connectivity index (χ0) is 14.8. The first kappa shape index (κ1) is 13.8. The Hall–Kier alpha value is -2.14. The number of nitrogens with one attached hydrogen (secondary N) is 1. The third-order valence-electron chi connectivity index (χ3n) is 3.43. The molecule has 1 N–H and O–H groups in total. The van der Waals surface area contributed by atoms with Crippen LogP contribution in [0.25, 0.3) is 10.1 Å². The molecule has 0 amide bonds. The van der Waals surface area contributed by atoms with Crippen LogP contribution in [0.15, 0.2) is 30.6 Å². The molecule has 0 aliphatic heterocycles. The lowest BCUT2D eigenvalue weighted by Gasteiger charge is -2.02. The van der Waals surface area contributed by atoms with Crippen LogP contribution in [0.1, 0.15) is 33.5 Å². The Morgan fingerprint density at radius 2 is 2.29 bits per heavy atom. The maximum absolute atomic E-state index is 11.8. The lowest BCUT2D eigenvalue weighted by molar-refractivity contribution is 0.0526. The molecule has 0 bridgehead atoms. The molecule has 2 heterocycles. The summed E-state index contributed by atoms with van der Waals surface area (Å²) in [7, 11) is 0. The number of aromatic amines is 1. The maximum atomic E-state index is 11.8. The summed E-state index contributed by atoms with van der Waals surface area (Å²) < 4.78 is 6.24. The number of fused-ring (bicyclic) bond motifs is 1. The van der Waals surface area contributed by atoms with Gasteiger partial charge < -0.3 is 9.72 Å². The molecular weight excluding hydrogens is 284 g/mol. The number of thiophene rings is 1. The molecule has 0 aliphatic rings. The number of aromatic nitrogens is 2. The van der Waals surface area contributed by atoms with Gasteiger partial charge in [0.15, 0.2) is 0 Å². The number of hydrogen-bond acceptors (Lipinski definition) is 4. The van der Waals surface area contributed by atoms with Crippen molar-refractivity contribution in [2.75, 3.05) is 6.61 Å². The van der Waals surface area contributed by atoms with E-state index in [1.807, 2.05) is 31.3 Å². The normalized spacial score (nSPS) is 11.0. The number of aryl methyl sites for hydroxylation is 1. The second kappa shape index (κ2) is 5.69. The topological polar surface area (TPSA) is 55.0 Å². The Bertz CT molecular complexity index is 775. The van der Waals surface area contributed by atoms with Crippen molar-refractivity contribution >= 4 is 27.4 Å². The number of rotatable bonds is 4. The number of benzene rings is 1. The van der Waals surface area contributed by atoms with Crippen LogP contribution in [0, 0.1) is 6.92 Å². The highest BCUT2D eigenvalue weighted by Gasteiger charge is 2.13. The Morgan fingerprint density at radius 3 is 3.00 bits per heavy atom. The zero-order valence-corrected chi connectivity index (χ0v) is 12.8. The summed E-state index contributed by atoms with van der Waals surface area (Å²) in [6, 6.07) is 5.74. The summed E-state index contributed by atoms with van der Waals surface area (Å²) in [6.07, 6.45) is 4.38. The molecule has 0 atom stereocenters. The van der Waals surface area contributed by atoms with Gasteiger partial charge in [-0.25, -0.2) is 9.78 Å². The van der Waals surface area contributed by atoms with Crippen LogP contribution in [-0.2, 0) is 11.2 Å². The highest BCUT2D eigenvalue weighted by atomic mass is 32.1. The fraction of sp³-hybridized carbons (Fsp3) is 0.250. The minimum Gasteiger partial charge on any atom is -0.462 e. The highest BCUT2D eigenvalue weighted by Crippen LogP contribution is 2.32. The smallest absolute Gasteiger partial charge is 0.338 e. The van der Waals surface area contributed by atoms with Gasteiger partial charge in [0.2, 0.25) is 0 Å². The van der Waals surface area contributed by atoms with E-state index in [0.29, 0.717) is 12.2 Å². The van der Waals surface area contributed by atoms with E-state index in [2.05, 4.69) is 16.9 Å². The van der Waals surface area contributed by atoms with E-state index in [9.17, 15) is 4.79 Å². The summed E-state index contributed by atoms with van der Waals surface area (Å²) in [6.45, 7) is 4.29. The quantitative estimate of drug-likeness (QED) is 0.747. The average molecular weight is 300 g/mol. The Balaban J connectivity index is 1.98. The molecule has 0 saturated heterocycles. The highest BCUT2D eigenvalue weighted by molar-refractivity contribution is 7.19. The van der Waals surface area contributed by atoms with Gasteiger partial charge in [0.1, 0.15) is 5.82 Å². The van der Waals surface area contributed by atoms with Crippen LogP contribution in [-0.4, -0.2) is 22.5 Å². The molecule has 5 heteroatoms. The Labute approximate surface area is 126 Å². The molecule has 0 fully saturated rings. The lowest BCUT2D eigenvalue weighted by atomic mass is 10.1. The number of H-pyrrole nitrogens is 1. The van der Waals surface area contributed by atoms with Crippen molar-refractivity contribution in [2.24, 2.45) is 0 Å². The third-order valence-corrected chi connectivity index (χ3v) is 4.70. The van der Waals surface area contributed by atoms with Gasteiger partial charge in [-0.2, -0.15) is 0 Å². The minimum atomic E-state index is -0.266. The van der Waals surface area contributed by atoms with Gasteiger partial charge in [-0.3, -0.25) is 0 Å². The van der Waals surface area contributed by atoms with Gasteiger partial charge in [0.05, 0.1) is 12.2 Å². The third kappa shape index (κ3) is 2.69. The summed E-state index contributed by atoms with van der Waals surface area (Å²) in [4.78, 5) is 20.5. The van der Waals surface area contributed by atoms with Gasteiger partial charge in [-0.15, -0.1) is 11.3 Å². The second-order valence-corrected chi connectivity index (χ2v) is 5.93.